The molecule has 1 saturated carbocycles. The van der Waals surface area contributed by atoms with Crippen LogP contribution in [-0.4, -0.2) is 99.8 Å². The summed E-state index contributed by atoms with van der Waals surface area (Å²) in [7, 11) is 1.60. The van der Waals surface area contributed by atoms with E-state index >= 15 is 0 Å². The van der Waals surface area contributed by atoms with Gasteiger partial charge in [0, 0.05) is 50.0 Å². The predicted molar refractivity (Wildman–Crippen MR) is 157 cm³/mol. The first kappa shape index (κ1) is 29.3. The second-order valence-corrected chi connectivity index (χ2v) is 11.4. The highest BCUT2D eigenvalue weighted by Gasteiger charge is 2.35. The summed E-state index contributed by atoms with van der Waals surface area (Å²) in [5.41, 5.74) is 8.10. The third-order valence-electron chi connectivity index (χ3n) is 8.65. The molecule has 3 fully saturated rings. The van der Waals surface area contributed by atoms with Gasteiger partial charge in [-0.15, -0.1) is 0 Å². The van der Waals surface area contributed by atoms with Crippen molar-refractivity contribution >= 4 is 28.9 Å². The molecule has 1 amide bonds. The Kier molecular flexibility index (Phi) is 9.12. The van der Waals surface area contributed by atoms with Gasteiger partial charge in [-0.05, 0) is 57.1 Å². The first-order valence-corrected chi connectivity index (χ1v) is 14.7. The van der Waals surface area contributed by atoms with Gasteiger partial charge in [0.2, 0.25) is 0 Å². The highest BCUT2D eigenvalue weighted by atomic mass is 16.5. The van der Waals surface area contributed by atoms with Crippen LogP contribution in [0.1, 0.15) is 61.6 Å². The molecular formula is C29H43N7O5. The lowest BCUT2D eigenvalue weighted by atomic mass is 9.93. The summed E-state index contributed by atoms with van der Waals surface area (Å²) < 4.78 is 5.73. The molecule has 41 heavy (non-hydrogen) atoms. The van der Waals surface area contributed by atoms with Crippen LogP contribution in [0, 0.1) is 0 Å². The number of hydrogen-bond acceptors (Lipinski definition) is 11. The Bertz CT molecular complexity index is 1200. The van der Waals surface area contributed by atoms with Crippen LogP contribution < -0.4 is 26.0 Å². The molecular weight excluding hydrogens is 526 g/mol. The number of nitrogens with two attached hydrogens (primary N) is 1. The van der Waals surface area contributed by atoms with Crippen LogP contribution >= 0.6 is 0 Å². The van der Waals surface area contributed by atoms with E-state index in [0.29, 0.717) is 48.5 Å². The highest BCUT2D eigenvalue weighted by molar-refractivity contribution is 5.97. The Morgan fingerprint density at radius 2 is 1.71 bits per heavy atom. The molecule has 12 nitrogen and oxygen atoms in total. The van der Waals surface area contributed by atoms with E-state index in [1.807, 2.05) is 25.1 Å². The average Bonchev–Trinajstić information content (AvgIpc) is 3.32. The van der Waals surface area contributed by atoms with Crippen LogP contribution in [0.2, 0.25) is 0 Å². The molecule has 2 atom stereocenters. The lowest BCUT2D eigenvalue weighted by molar-refractivity contribution is 0.0572. The topological polar surface area (TPSA) is 169 Å². The number of rotatable bonds is 9. The van der Waals surface area contributed by atoms with Crippen LogP contribution in [-0.2, 0) is 6.42 Å². The van der Waals surface area contributed by atoms with Gasteiger partial charge in [0.05, 0.1) is 36.8 Å². The fraction of sp³-hybridized carbons (Fsp3) is 0.621. The number of carbonyl (C=O) groups is 1. The van der Waals surface area contributed by atoms with Crippen LogP contribution in [0.3, 0.4) is 0 Å². The van der Waals surface area contributed by atoms with E-state index in [0.717, 1.165) is 57.3 Å². The number of carbonyl (C=O) groups excluding carboxylic acids is 1. The van der Waals surface area contributed by atoms with Crippen LogP contribution in [0.25, 0.3) is 0 Å². The Balaban J connectivity index is 1.31. The van der Waals surface area contributed by atoms with E-state index < -0.39 is 18.1 Å². The van der Waals surface area contributed by atoms with Crippen molar-refractivity contribution in [2.75, 3.05) is 48.8 Å². The molecule has 0 radical (unpaired) electrons. The van der Waals surface area contributed by atoms with E-state index in [9.17, 15) is 20.1 Å². The molecule has 5 rings (SSSR count). The van der Waals surface area contributed by atoms with Gasteiger partial charge in [0.1, 0.15) is 11.6 Å². The van der Waals surface area contributed by atoms with Gasteiger partial charge >= 0.3 is 0 Å². The van der Waals surface area contributed by atoms with Crippen molar-refractivity contribution in [3.8, 4) is 5.75 Å². The number of aliphatic hydroxyl groups is 3. The second kappa shape index (κ2) is 12.8. The molecule has 1 aliphatic carbocycles. The van der Waals surface area contributed by atoms with Crippen molar-refractivity contribution in [2.45, 2.75) is 82.3 Å². The van der Waals surface area contributed by atoms with E-state index in [2.05, 4.69) is 25.4 Å². The Hall–Kier alpha value is -3.19. The van der Waals surface area contributed by atoms with Crippen molar-refractivity contribution in [1.82, 2.24) is 14.9 Å². The number of nitrogens with one attached hydrogen (secondary N) is 2. The monoisotopic (exact) mass is 569 g/mol. The van der Waals surface area contributed by atoms with Gasteiger partial charge in [-0.25, -0.2) is 9.97 Å². The number of ether oxygens (including phenoxy) is 1. The summed E-state index contributed by atoms with van der Waals surface area (Å²) in [6.45, 7) is 4.71. The standard InChI is InChI=1S/C29H43N7O5/c1-3-21-28(31-17-4-7-20(37)8-5-17)34-29(26(32-21)27(30)40)33-22-9-6-19(14-25(22)41-2)35-12-10-18(11-13-35)36-15-23(38)24(39)16-36/h6,9,14,17-18,20,23-24,37-39H,3-5,7-8,10-13,15-16H2,1-2H3,(H2,30,40)(H2,31,33,34)/t17-,20-,23-,24-/m1/s1. The van der Waals surface area contributed by atoms with Gasteiger partial charge in [0.15, 0.2) is 11.5 Å². The first-order chi connectivity index (χ1) is 19.7. The molecule has 1 aromatic carbocycles. The van der Waals surface area contributed by atoms with Gasteiger partial charge in [-0.1, -0.05) is 6.92 Å². The molecule has 2 aliphatic heterocycles. The van der Waals surface area contributed by atoms with E-state index in [-0.39, 0.29) is 23.7 Å². The van der Waals surface area contributed by atoms with E-state index in [4.69, 9.17) is 15.5 Å². The van der Waals surface area contributed by atoms with Crippen LogP contribution in [0.5, 0.6) is 5.75 Å². The van der Waals surface area contributed by atoms with Gasteiger partial charge in [-0.2, -0.15) is 0 Å². The van der Waals surface area contributed by atoms with Crippen molar-refractivity contribution in [3.63, 3.8) is 0 Å². The van der Waals surface area contributed by atoms with Gasteiger partial charge in [-0.3, -0.25) is 9.69 Å². The smallest absolute Gasteiger partial charge is 0.271 e. The molecule has 2 aromatic rings. The van der Waals surface area contributed by atoms with Crippen molar-refractivity contribution in [1.29, 1.82) is 0 Å². The summed E-state index contributed by atoms with van der Waals surface area (Å²) in [6, 6.07) is 6.40. The summed E-state index contributed by atoms with van der Waals surface area (Å²) in [5.74, 6) is 0.800. The molecule has 3 heterocycles. The molecule has 0 spiro atoms. The molecule has 7 N–H and O–H groups in total. The fourth-order valence-electron chi connectivity index (χ4n) is 6.20. The summed E-state index contributed by atoms with van der Waals surface area (Å²) in [6.07, 6.45) is 4.03. The Morgan fingerprint density at radius 3 is 2.32 bits per heavy atom. The summed E-state index contributed by atoms with van der Waals surface area (Å²) in [5, 5.41) is 36.4. The number of aryl methyl sites for hydroxylation is 1. The SMILES string of the molecule is CCc1nc(C(N)=O)c(Nc2ccc(N3CCC(N4C[C@@H](O)[C@H](O)C4)CC3)cc2OC)nc1N[C@H]1CC[C@H](O)CC1. The molecule has 2 saturated heterocycles. The molecule has 0 bridgehead atoms. The number of amides is 1. The van der Waals surface area contributed by atoms with E-state index in [1.165, 1.54) is 0 Å². The number of likely N-dealkylation sites (tertiary alicyclic amines) is 1. The van der Waals surface area contributed by atoms with Crippen molar-refractivity contribution < 1.29 is 24.9 Å². The number of benzene rings is 1. The summed E-state index contributed by atoms with van der Waals surface area (Å²) in [4.78, 5) is 26.2. The molecule has 12 heteroatoms. The number of aromatic nitrogens is 2. The number of nitrogens with zero attached hydrogens (tertiary/aromatic N) is 4. The third-order valence-corrected chi connectivity index (χ3v) is 8.65. The predicted octanol–water partition coefficient (Wildman–Crippen LogP) is 1.61. The number of anilines is 4. The number of methoxy groups -OCH3 is 1. The quantitative estimate of drug-likeness (QED) is 0.259. The normalized spacial score (nSPS) is 25.7. The van der Waals surface area contributed by atoms with E-state index in [1.54, 1.807) is 7.11 Å². The van der Waals surface area contributed by atoms with Crippen molar-refractivity contribution in [3.05, 3.63) is 29.6 Å². The van der Waals surface area contributed by atoms with Crippen molar-refractivity contribution in [2.24, 2.45) is 5.73 Å². The highest BCUT2D eigenvalue weighted by Crippen LogP contribution is 2.35. The minimum atomic E-state index is -0.668. The van der Waals surface area contributed by atoms with Crippen LogP contribution in [0.15, 0.2) is 18.2 Å². The maximum Gasteiger partial charge on any atom is 0.271 e. The second-order valence-electron chi connectivity index (χ2n) is 11.4. The lowest BCUT2D eigenvalue weighted by Crippen LogP contribution is -2.44. The maximum atomic E-state index is 12.4. The number of hydrogen-bond donors (Lipinski definition) is 6. The van der Waals surface area contributed by atoms with Gasteiger partial charge < -0.3 is 41.3 Å². The fourth-order valence-corrected chi connectivity index (χ4v) is 6.20. The Morgan fingerprint density at radius 1 is 1.02 bits per heavy atom. The third kappa shape index (κ3) is 6.66. The van der Waals surface area contributed by atoms with Gasteiger partial charge in [0.25, 0.3) is 5.91 Å². The zero-order valence-corrected chi connectivity index (χ0v) is 23.9. The number of primary amides is 1. The average molecular weight is 570 g/mol. The number of β-amino-alcohol motifs (C(OH)–C–C–N with tert-alkyl or cyclic N) is 2. The zero-order valence-electron chi connectivity index (χ0n) is 23.9. The summed E-state index contributed by atoms with van der Waals surface area (Å²) >= 11 is 0. The zero-order chi connectivity index (χ0) is 29.1. The molecule has 3 aliphatic rings. The molecule has 1 aromatic heterocycles. The first-order valence-electron chi connectivity index (χ1n) is 14.7. The maximum absolute atomic E-state index is 12.4. The number of piperidine rings is 1. The minimum absolute atomic E-state index is 0.0665. The molecule has 224 valence electrons. The van der Waals surface area contributed by atoms with Crippen LogP contribution in [0.4, 0.5) is 23.0 Å². The molecule has 0 unspecified atom stereocenters. The minimum Gasteiger partial charge on any atom is -0.494 e. The lowest BCUT2D eigenvalue weighted by Gasteiger charge is -2.38. The Labute approximate surface area is 240 Å². The number of aliphatic hydroxyl groups excluding tert-OH is 3. The largest absolute Gasteiger partial charge is 0.494 e.